The normalized spacial score (nSPS) is 18.6. The van der Waals surface area contributed by atoms with Crippen molar-refractivity contribution in [1.82, 2.24) is 10.2 Å². The van der Waals surface area contributed by atoms with Gasteiger partial charge in [-0.1, -0.05) is 0 Å². The van der Waals surface area contributed by atoms with Crippen molar-refractivity contribution in [3.8, 4) is 0 Å². The third kappa shape index (κ3) is 2.27. The van der Waals surface area contributed by atoms with Crippen LogP contribution in [0.15, 0.2) is 4.42 Å². The first-order chi connectivity index (χ1) is 6.90. The minimum Gasteiger partial charge on any atom is -0.425 e. The van der Waals surface area contributed by atoms with E-state index in [0.29, 0.717) is 24.8 Å². The number of aromatic nitrogens is 2. The lowest BCUT2D eigenvalue weighted by atomic mass is 10.0. The Morgan fingerprint density at radius 2 is 2.14 bits per heavy atom. The quantitative estimate of drug-likeness (QED) is 0.816. The van der Waals surface area contributed by atoms with E-state index in [1.807, 2.05) is 11.8 Å². The molecule has 0 aliphatic carbocycles. The molecule has 0 bridgehead atoms. The van der Waals surface area contributed by atoms with Crippen LogP contribution in [0.3, 0.4) is 0 Å². The average molecular weight is 213 g/mol. The second-order valence-corrected chi connectivity index (χ2v) is 4.68. The Hall–Kier alpha value is -0.550. The third-order valence-electron chi connectivity index (χ3n) is 2.41. The predicted molar refractivity (Wildman–Crippen MR) is 56.4 cm³/mol. The van der Waals surface area contributed by atoms with E-state index in [-0.39, 0.29) is 0 Å². The van der Waals surface area contributed by atoms with Gasteiger partial charge in [0.05, 0.1) is 0 Å². The fraction of sp³-hybridized carbons (Fsp3) is 0.778. The van der Waals surface area contributed by atoms with Crippen molar-refractivity contribution >= 4 is 11.8 Å². The van der Waals surface area contributed by atoms with E-state index in [9.17, 15) is 0 Å². The van der Waals surface area contributed by atoms with E-state index < -0.39 is 0 Å². The Morgan fingerprint density at radius 1 is 1.36 bits per heavy atom. The third-order valence-corrected chi connectivity index (χ3v) is 3.46. The Labute approximate surface area is 87.6 Å². The molecular formula is C9H15N3OS. The molecule has 0 saturated carbocycles. The minimum absolute atomic E-state index is 0.482. The Balaban J connectivity index is 2.00. The first-order valence-corrected chi connectivity index (χ1v) is 6.15. The van der Waals surface area contributed by atoms with Gasteiger partial charge in [0.15, 0.2) is 0 Å². The number of thioether (sulfide) groups is 1. The zero-order valence-electron chi connectivity index (χ0n) is 8.11. The summed E-state index contributed by atoms with van der Waals surface area (Å²) < 4.78 is 5.55. The summed E-state index contributed by atoms with van der Waals surface area (Å²) in [4.78, 5) is 0. The molecule has 1 aliphatic heterocycles. The van der Waals surface area contributed by atoms with Gasteiger partial charge >= 0.3 is 0 Å². The molecule has 4 nitrogen and oxygen atoms in total. The highest BCUT2D eigenvalue weighted by atomic mass is 32.2. The lowest BCUT2D eigenvalue weighted by molar-refractivity contribution is 0.404. The van der Waals surface area contributed by atoms with Gasteiger partial charge in [-0.25, -0.2) is 0 Å². The smallest absolute Gasteiger partial charge is 0.219 e. The molecule has 0 amide bonds. The van der Waals surface area contributed by atoms with Crippen LogP contribution < -0.4 is 5.73 Å². The van der Waals surface area contributed by atoms with Gasteiger partial charge < -0.3 is 10.2 Å². The molecule has 2 rings (SSSR count). The van der Waals surface area contributed by atoms with Crippen LogP contribution in [0.5, 0.6) is 0 Å². The summed E-state index contributed by atoms with van der Waals surface area (Å²) in [6, 6.07) is 0. The summed E-state index contributed by atoms with van der Waals surface area (Å²) in [5.74, 6) is 4.39. The summed E-state index contributed by atoms with van der Waals surface area (Å²) in [7, 11) is 0. The molecule has 0 unspecified atom stereocenters. The lowest BCUT2D eigenvalue weighted by Gasteiger charge is -2.17. The van der Waals surface area contributed by atoms with Gasteiger partial charge in [-0.15, -0.1) is 10.2 Å². The molecule has 2 heterocycles. The van der Waals surface area contributed by atoms with Crippen LogP contribution in [0.2, 0.25) is 0 Å². The van der Waals surface area contributed by atoms with Crippen LogP contribution >= 0.6 is 11.8 Å². The minimum atomic E-state index is 0.482. The largest absolute Gasteiger partial charge is 0.425 e. The van der Waals surface area contributed by atoms with E-state index in [1.165, 1.54) is 11.5 Å². The Kier molecular flexibility index (Phi) is 3.42. The zero-order valence-corrected chi connectivity index (χ0v) is 8.92. The summed E-state index contributed by atoms with van der Waals surface area (Å²) in [6.45, 7) is 0.572. The van der Waals surface area contributed by atoms with Crippen molar-refractivity contribution in [1.29, 1.82) is 0 Å². The number of rotatable bonds is 3. The van der Waals surface area contributed by atoms with Crippen molar-refractivity contribution in [2.45, 2.75) is 25.2 Å². The van der Waals surface area contributed by atoms with Crippen molar-refractivity contribution in [2.24, 2.45) is 5.73 Å². The number of nitrogens with two attached hydrogens (primary N) is 1. The molecule has 1 aliphatic rings. The second kappa shape index (κ2) is 4.79. The highest BCUT2D eigenvalue weighted by molar-refractivity contribution is 7.99. The summed E-state index contributed by atoms with van der Waals surface area (Å²) in [6.07, 6.45) is 3.01. The topological polar surface area (TPSA) is 64.9 Å². The highest BCUT2D eigenvalue weighted by Gasteiger charge is 2.21. The molecule has 1 aromatic rings. The average Bonchev–Trinajstić information content (AvgIpc) is 2.68. The maximum atomic E-state index is 5.55. The summed E-state index contributed by atoms with van der Waals surface area (Å²) in [5, 5.41) is 8.05. The second-order valence-electron chi connectivity index (χ2n) is 3.46. The van der Waals surface area contributed by atoms with Gasteiger partial charge in [-0.05, 0) is 24.3 Å². The van der Waals surface area contributed by atoms with E-state index in [2.05, 4.69) is 10.2 Å². The zero-order chi connectivity index (χ0) is 9.80. The van der Waals surface area contributed by atoms with Crippen molar-refractivity contribution in [3.63, 3.8) is 0 Å². The molecule has 1 fully saturated rings. The van der Waals surface area contributed by atoms with Gasteiger partial charge in [0, 0.05) is 18.9 Å². The molecule has 0 atom stereocenters. The standard InChI is InChI=1S/C9H15N3OS/c10-4-1-8-11-12-9(13-8)7-2-5-14-6-3-7/h7H,1-6,10H2. The van der Waals surface area contributed by atoms with Crippen LogP contribution in [0.1, 0.15) is 30.5 Å². The van der Waals surface area contributed by atoms with Crippen molar-refractivity contribution in [3.05, 3.63) is 11.8 Å². The van der Waals surface area contributed by atoms with Gasteiger partial charge in [-0.3, -0.25) is 0 Å². The molecule has 1 aromatic heterocycles. The lowest BCUT2D eigenvalue weighted by Crippen LogP contribution is -2.08. The molecule has 0 spiro atoms. The fourth-order valence-corrected chi connectivity index (χ4v) is 2.71. The Morgan fingerprint density at radius 3 is 2.86 bits per heavy atom. The van der Waals surface area contributed by atoms with Crippen molar-refractivity contribution < 1.29 is 4.42 Å². The molecule has 5 heteroatoms. The molecule has 14 heavy (non-hydrogen) atoms. The number of hydrogen-bond acceptors (Lipinski definition) is 5. The van der Waals surface area contributed by atoms with Crippen LogP contribution in [0.25, 0.3) is 0 Å². The monoisotopic (exact) mass is 213 g/mol. The van der Waals surface area contributed by atoms with E-state index in [0.717, 1.165) is 18.7 Å². The van der Waals surface area contributed by atoms with Gasteiger partial charge in [-0.2, -0.15) is 11.8 Å². The van der Waals surface area contributed by atoms with E-state index >= 15 is 0 Å². The summed E-state index contributed by atoms with van der Waals surface area (Å²) >= 11 is 2.00. The summed E-state index contributed by atoms with van der Waals surface area (Å²) in [5.41, 5.74) is 5.42. The molecule has 2 N–H and O–H groups in total. The molecule has 1 saturated heterocycles. The first-order valence-electron chi connectivity index (χ1n) is 5.00. The molecule has 78 valence electrons. The van der Waals surface area contributed by atoms with E-state index in [4.69, 9.17) is 10.2 Å². The van der Waals surface area contributed by atoms with Gasteiger partial charge in [0.1, 0.15) is 0 Å². The van der Waals surface area contributed by atoms with Gasteiger partial charge in [0.25, 0.3) is 0 Å². The fourth-order valence-electron chi connectivity index (χ4n) is 1.60. The van der Waals surface area contributed by atoms with Gasteiger partial charge in [0.2, 0.25) is 11.8 Å². The SMILES string of the molecule is NCCc1nnc(C2CCSCC2)o1. The van der Waals surface area contributed by atoms with Crippen LogP contribution in [0, 0.1) is 0 Å². The maximum absolute atomic E-state index is 5.55. The maximum Gasteiger partial charge on any atom is 0.219 e. The molecular weight excluding hydrogens is 198 g/mol. The van der Waals surface area contributed by atoms with Crippen molar-refractivity contribution in [2.75, 3.05) is 18.1 Å². The number of hydrogen-bond donors (Lipinski definition) is 1. The Bertz CT molecular complexity index is 283. The molecule has 0 radical (unpaired) electrons. The first kappa shape index (κ1) is 9.98. The van der Waals surface area contributed by atoms with Crippen LogP contribution in [-0.2, 0) is 6.42 Å². The van der Waals surface area contributed by atoms with E-state index in [1.54, 1.807) is 0 Å². The van der Waals surface area contributed by atoms with Crippen LogP contribution in [-0.4, -0.2) is 28.2 Å². The molecule has 0 aromatic carbocycles. The van der Waals surface area contributed by atoms with Crippen LogP contribution in [0.4, 0.5) is 0 Å². The number of nitrogens with zero attached hydrogens (tertiary/aromatic N) is 2. The predicted octanol–water partition coefficient (Wildman–Crippen LogP) is 1.18. The highest BCUT2D eigenvalue weighted by Crippen LogP contribution is 2.30.